The molecule has 0 fully saturated rings. The van der Waals surface area contributed by atoms with Crippen LogP contribution in [-0.4, -0.2) is 44.5 Å². The molecule has 0 aliphatic heterocycles. The van der Waals surface area contributed by atoms with E-state index in [4.69, 9.17) is 9.47 Å². The summed E-state index contributed by atoms with van der Waals surface area (Å²) in [5, 5.41) is 19.5. The van der Waals surface area contributed by atoms with E-state index in [1.807, 2.05) is 54.6 Å². The summed E-state index contributed by atoms with van der Waals surface area (Å²) in [6, 6.07) is 17.0. The van der Waals surface area contributed by atoms with Crippen molar-refractivity contribution in [1.29, 1.82) is 0 Å². The number of para-hydroxylation sites is 1. The Morgan fingerprint density at radius 1 is 1.10 bits per heavy atom. The Hall–Kier alpha value is -3.49. The van der Waals surface area contributed by atoms with Gasteiger partial charge in [-0.05, 0) is 29.8 Å². The predicted octanol–water partition coefficient (Wildman–Crippen LogP) is 2.17. The van der Waals surface area contributed by atoms with Crippen LogP contribution in [0.15, 0.2) is 71.8 Å². The highest BCUT2D eigenvalue weighted by Gasteiger charge is 2.13. The molecule has 0 amide bonds. The fraction of sp³-hybridized carbons (Fsp3) is 0.227. The minimum Gasteiger partial charge on any atom is -0.497 e. The number of nitrogens with zero attached hydrogens (tertiary/aromatic N) is 4. The van der Waals surface area contributed by atoms with Crippen molar-refractivity contribution in [2.75, 3.05) is 13.7 Å². The first kappa shape index (κ1) is 19.8. The van der Waals surface area contributed by atoms with Crippen LogP contribution in [0, 0.1) is 0 Å². The molecular formula is C22H22N4O4. The van der Waals surface area contributed by atoms with E-state index in [9.17, 15) is 9.90 Å². The molecule has 4 rings (SSSR count). The molecule has 2 heterocycles. The zero-order chi connectivity index (χ0) is 20.9. The van der Waals surface area contributed by atoms with E-state index in [2.05, 4.69) is 10.2 Å². The van der Waals surface area contributed by atoms with Gasteiger partial charge in [0.25, 0.3) is 5.56 Å². The van der Waals surface area contributed by atoms with Gasteiger partial charge >= 0.3 is 0 Å². The molecule has 30 heavy (non-hydrogen) atoms. The first-order valence-electron chi connectivity index (χ1n) is 9.53. The van der Waals surface area contributed by atoms with Crippen molar-refractivity contribution in [3.8, 4) is 11.4 Å². The fourth-order valence-electron chi connectivity index (χ4n) is 3.08. The molecule has 0 saturated heterocycles. The Labute approximate surface area is 172 Å². The zero-order valence-electron chi connectivity index (χ0n) is 16.5. The standard InChI is InChI=1S/C22H22N4O4/c1-29-20-9-7-16(8-10-20)14-30-15-19(27)13-26-22(28)21-17(11-23-26)12-25(24-21)18-5-3-2-4-6-18/h2-12,19,27H,13-15H2,1H3. The molecule has 8 nitrogen and oxygen atoms in total. The van der Waals surface area contributed by atoms with E-state index in [0.717, 1.165) is 17.0 Å². The first-order valence-corrected chi connectivity index (χ1v) is 9.53. The Kier molecular flexibility index (Phi) is 5.87. The van der Waals surface area contributed by atoms with E-state index < -0.39 is 6.10 Å². The smallest absolute Gasteiger partial charge is 0.295 e. The molecule has 0 spiro atoms. The molecule has 8 heteroatoms. The summed E-state index contributed by atoms with van der Waals surface area (Å²) >= 11 is 0. The number of hydrogen-bond acceptors (Lipinski definition) is 6. The van der Waals surface area contributed by atoms with Gasteiger partial charge in [-0.25, -0.2) is 9.36 Å². The van der Waals surface area contributed by atoms with E-state index >= 15 is 0 Å². The number of methoxy groups -OCH3 is 1. The molecule has 0 aliphatic carbocycles. The van der Waals surface area contributed by atoms with E-state index in [1.54, 1.807) is 24.2 Å². The van der Waals surface area contributed by atoms with Crippen LogP contribution in [-0.2, 0) is 17.9 Å². The van der Waals surface area contributed by atoms with Gasteiger partial charge in [-0.3, -0.25) is 4.79 Å². The minimum atomic E-state index is -0.873. The van der Waals surface area contributed by atoms with Crippen molar-refractivity contribution < 1.29 is 14.6 Å². The maximum atomic E-state index is 12.7. The van der Waals surface area contributed by atoms with Crippen molar-refractivity contribution in [2.45, 2.75) is 19.3 Å². The van der Waals surface area contributed by atoms with Crippen LogP contribution in [0.5, 0.6) is 5.75 Å². The third-order valence-corrected chi connectivity index (χ3v) is 4.66. The highest BCUT2D eigenvalue weighted by Crippen LogP contribution is 2.13. The van der Waals surface area contributed by atoms with Crippen LogP contribution in [0.4, 0.5) is 0 Å². The van der Waals surface area contributed by atoms with Gasteiger partial charge in [-0.1, -0.05) is 30.3 Å². The molecule has 4 aromatic rings. The number of ether oxygens (including phenoxy) is 2. The van der Waals surface area contributed by atoms with Gasteiger partial charge < -0.3 is 14.6 Å². The molecular weight excluding hydrogens is 384 g/mol. The van der Waals surface area contributed by atoms with Gasteiger partial charge in [-0.15, -0.1) is 0 Å². The van der Waals surface area contributed by atoms with Crippen molar-refractivity contribution in [3.05, 3.63) is 82.9 Å². The summed E-state index contributed by atoms with van der Waals surface area (Å²) in [6.45, 7) is 0.454. The number of hydrogen-bond donors (Lipinski definition) is 1. The number of aliphatic hydroxyl groups is 1. The molecule has 0 bridgehead atoms. The molecule has 2 aromatic heterocycles. The van der Waals surface area contributed by atoms with Crippen molar-refractivity contribution >= 4 is 10.9 Å². The van der Waals surface area contributed by atoms with Gasteiger partial charge in [0.15, 0.2) is 5.52 Å². The van der Waals surface area contributed by atoms with E-state index in [0.29, 0.717) is 17.5 Å². The summed E-state index contributed by atoms with van der Waals surface area (Å²) in [7, 11) is 1.61. The Bertz CT molecular complexity index is 1170. The van der Waals surface area contributed by atoms with E-state index in [1.165, 1.54) is 4.68 Å². The third-order valence-electron chi connectivity index (χ3n) is 4.66. The Morgan fingerprint density at radius 3 is 2.60 bits per heavy atom. The van der Waals surface area contributed by atoms with Crippen molar-refractivity contribution in [1.82, 2.24) is 19.6 Å². The third kappa shape index (κ3) is 4.40. The number of aromatic nitrogens is 4. The second kappa shape index (κ2) is 8.89. The van der Waals surface area contributed by atoms with Gasteiger partial charge in [0.05, 0.1) is 44.9 Å². The summed E-state index contributed by atoms with van der Waals surface area (Å²) in [6.07, 6.45) is 2.47. The van der Waals surface area contributed by atoms with Crippen LogP contribution >= 0.6 is 0 Å². The fourth-order valence-corrected chi connectivity index (χ4v) is 3.08. The van der Waals surface area contributed by atoms with Crippen molar-refractivity contribution in [2.24, 2.45) is 0 Å². The van der Waals surface area contributed by atoms with Crippen LogP contribution in [0.3, 0.4) is 0 Å². The molecule has 0 radical (unpaired) electrons. The van der Waals surface area contributed by atoms with Crippen LogP contribution in [0.25, 0.3) is 16.6 Å². The van der Waals surface area contributed by atoms with Crippen LogP contribution < -0.4 is 10.3 Å². The van der Waals surface area contributed by atoms with Crippen molar-refractivity contribution in [3.63, 3.8) is 0 Å². The lowest BCUT2D eigenvalue weighted by Crippen LogP contribution is -2.31. The topological polar surface area (TPSA) is 91.4 Å². The quantitative estimate of drug-likeness (QED) is 0.482. The molecule has 154 valence electrons. The minimum absolute atomic E-state index is 0.0234. The maximum Gasteiger partial charge on any atom is 0.295 e. The van der Waals surface area contributed by atoms with Crippen LogP contribution in [0.2, 0.25) is 0 Å². The van der Waals surface area contributed by atoms with Gasteiger partial charge in [0.2, 0.25) is 0 Å². The molecule has 1 atom stereocenters. The largest absolute Gasteiger partial charge is 0.497 e. The Morgan fingerprint density at radius 2 is 1.87 bits per heavy atom. The SMILES string of the molecule is COc1ccc(COCC(O)Cn2ncc3cn(-c4ccccc4)nc3c2=O)cc1. The number of aliphatic hydroxyl groups excluding tert-OH is 1. The summed E-state index contributed by atoms with van der Waals surface area (Å²) in [4.78, 5) is 12.7. The second-order valence-corrected chi connectivity index (χ2v) is 6.86. The molecule has 0 aliphatic rings. The summed E-state index contributed by atoms with van der Waals surface area (Å²) < 4.78 is 13.5. The summed E-state index contributed by atoms with van der Waals surface area (Å²) in [5.74, 6) is 0.773. The average molecular weight is 406 g/mol. The lowest BCUT2D eigenvalue weighted by Gasteiger charge is -2.12. The zero-order valence-corrected chi connectivity index (χ0v) is 16.5. The monoisotopic (exact) mass is 406 g/mol. The summed E-state index contributed by atoms with van der Waals surface area (Å²) in [5.41, 5.74) is 1.77. The number of rotatable bonds is 8. The highest BCUT2D eigenvalue weighted by molar-refractivity contribution is 5.76. The first-order chi connectivity index (χ1) is 14.6. The molecule has 1 unspecified atom stereocenters. The van der Waals surface area contributed by atoms with Gasteiger partial charge in [0.1, 0.15) is 5.75 Å². The second-order valence-electron chi connectivity index (χ2n) is 6.86. The number of fused-ring (bicyclic) bond motifs is 1. The maximum absolute atomic E-state index is 12.7. The van der Waals surface area contributed by atoms with Gasteiger partial charge in [-0.2, -0.15) is 10.2 Å². The lowest BCUT2D eigenvalue weighted by atomic mass is 10.2. The lowest BCUT2D eigenvalue weighted by molar-refractivity contribution is 0.0181. The highest BCUT2D eigenvalue weighted by atomic mass is 16.5. The molecule has 2 aromatic carbocycles. The van der Waals surface area contributed by atoms with Crippen LogP contribution in [0.1, 0.15) is 5.56 Å². The van der Waals surface area contributed by atoms with Gasteiger partial charge in [0, 0.05) is 11.6 Å². The van der Waals surface area contributed by atoms with E-state index in [-0.39, 0.29) is 18.7 Å². The molecule has 0 saturated carbocycles. The normalized spacial score (nSPS) is 12.2. The Balaban J connectivity index is 1.40. The predicted molar refractivity (Wildman–Crippen MR) is 112 cm³/mol. The molecule has 1 N–H and O–H groups in total. The number of benzene rings is 2. The average Bonchev–Trinajstić information content (AvgIpc) is 3.22.